The second-order valence-corrected chi connectivity index (χ2v) is 6.53. The molecule has 1 aromatic rings. The van der Waals surface area contributed by atoms with Crippen LogP contribution in [0.4, 0.5) is 5.69 Å². The highest BCUT2D eigenvalue weighted by atomic mass is 32.2. The van der Waals surface area contributed by atoms with Gasteiger partial charge in [0.15, 0.2) is 0 Å². The number of nitrogens with two attached hydrogens (primary N) is 1. The molecular weight excluding hydrogens is 258 g/mol. The predicted molar refractivity (Wildman–Crippen MR) is 72.9 cm³/mol. The fraction of sp³-hybridized carbons (Fsp3) is 0.400. The number of sulfone groups is 1. The zero-order chi connectivity index (χ0) is 13.1. The summed E-state index contributed by atoms with van der Waals surface area (Å²) in [7, 11) is -3.02. The molecule has 7 heteroatoms. The third-order valence-electron chi connectivity index (χ3n) is 2.00. The maximum absolute atomic E-state index is 11.1. The van der Waals surface area contributed by atoms with Crippen LogP contribution >= 0.6 is 12.2 Å². The van der Waals surface area contributed by atoms with E-state index in [4.69, 9.17) is 18.0 Å². The maximum atomic E-state index is 11.1. The number of nitrogens with zero attached hydrogens (tertiary/aromatic N) is 1. The van der Waals surface area contributed by atoms with Gasteiger partial charge in [0, 0.05) is 18.5 Å². The topological polar surface area (TPSA) is 85.1 Å². The molecule has 0 radical (unpaired) electrons. The van der Waals surface area contributed by atoms with Crippen molar-refractivity contribution in [2.24, 2.45) is 5.73 Å². The summed E-state index contributed by atoms with van der Waals surface area (Å²) in [5.41, 5.74) is 6.65. The van der Waals surface area contributed by atoms with Crippen LogP contribution in [0, 0.1) is 0 Å². The van der Waals surface area contributed by atoms with Gasteiger partial charge in [-0.3, -0.25) is 4.98 Å². The second-order valence-electron chi connectivity index (χ2n) is 3.90. The van der Waals surface area contributed by atoms with Gasteiger partial charge >= 0.3 is 0 Å². The van der Waals surface area contributed by atoms with E-state index in [0.29, 0.717) is 11.4 Å². The highest BCUT2D eigenvalue weighted by molar-refractivity contribution is 7.90. The molecule has 0 bridgehead atoms. The third kappa shape index (κ3) is 4.66. The van der Waals surface area contributed by atoms with Gasteiger partial charge in [0.2, 0.25) is 0 Å². The minimum absolute atomic E-state index is 0.0403. The molecule has 1 unspecified atom stereocenters. The fourth-order valence-electron chi connectivity index (χ4n) is 1.48. The Hall–Kier alpha value is -1.21. The summed E-state index contributed by atoms with van der Waals surface area (Å²) in [4.78, 5) is 4.23. The van der Waals surface area contributed by atoms with Crippen LogP contribution in [0.25, 0.3) is 0 Å². The number of aromatic nitrogens is 1. The summed E-state index contributed by atoms with van der Waals surface area (Å²) in [5, 5.41) is 3.04. The van der Waals surface area contributed by atoms with E-state index in [9.17, 15) is 8.42 Å². The lowest BCUT2D eigenvalue weighted by Gasteiger charge is -2.16. The molecule has 0 aliphatic heterocycles. The van der Waals surface area contributed by atoms with E-state index in [1.54, 1.807) is 25.3 Å². The van der Waals surface area contributed by atoms with Crippen LogP contribution < -0.4 is 11.1 Å². The molecule has 1 atom stereocenters. The van der Waals surface area contributed by atoms with Crippen LogP contribution in [0.1, 0.15) is 12.6 Å². The Labute approximate surface area is 106 Å². The van der Waals surface area contributed by atoms with Crippen molar-refractivity contribution in [3.8, 4) is 0 Å². The number of hydrogen-bond acceptors (Lipinski definition) is 5. The van der Waals surface area contributed by atoms with Gasteiger partial charge in [-0.05, 0) is 19.1 Å². The first kappa shape index (κ1) is 13.9. The number of pyridine rings is 1. The van der Waals surface area contributed by atoms with Crippen molar-refractivity contribution in [3.05, 3.63) is 24.0 Å². The van der Waals surface area contributed by atoms with Gasteiger partial charge in [0.25, 0.3) is 0 Å². The summed E-state index contributed by atoms with van der Waals surface area (Å²) >= 11 is 4.87. The third-order valence-corrected chi connectivity index (χ3v) is 3.29. The Morgan fingerprint density at radius 3 is 2.82 bits per heavy atom. The molecule has 0 aliphatic carbocycles. The molecule has 3 N–H and O–H groups in total. The molecule has 0 aromatic carbocycles. The molecular formula is C10H15N3O2S2. The van der Waals surface area contributed by atoms with Gasteiger partial charge in [0.05, 0.1) is 11.4 Å². The molecule has 0 aliphatic rings. The van der Waals surface area contributed by atoms with Gasteiger partial charge in [0.1, 0.15) is 20.5 Å². The molecule has 0 saturated heterocycles. The molecule has 0 saturated carbocycles. The zero-order valence-electron chi connectivity index (χ0n) is 9.67. The number of thiocarbonyl (C=S) groups is 1. The Balaban J connectivity index is 2.85. The van der Waals surface area contributed by atoms with E-state index in [1.807, 2.05) is 0 Å². The van der Waals surface area contributed by atoms with E-state index in [1.165, 1.54) is 6.26 Å². The monoisotopic (exact) mass is 273 g/mol. The lowest BCUT2D eigenvalue weighted by molar-refractivity contribution is 0.598. The first-order valence-electron chi connectivity index (χ1n) is 4.98. The lowest BCUT2D eigenvalue weighted by atomic mass is 10.2. The number of anilines is 1. The normalized spacial score (nSPS) is 13.1. The van der Waals surface area contributed by atoms with Crippen molar-refractivity contribution in [3.63, 3.8) is 0 Å². The summed E-state index contributed by atoms with van der Waals surface area (Å²) in [5.74, 6) is 0.0403. The molecule has 17 heavy (non-hydrogen) atoms. The van der Waals surface area contributed by atoms with Crippen LogP contribution in [0.2, 0.25) is 0 Å². The highest BCUT2D eigenvalue weighted by Crippen LogP contribution is 2.13. The zero-order valence-corrected chi connectivity index (χ0v) is 11.3. The van der Waals surface area contributed by atoms with Gasteiger partial charge in [-0.15, -0.1) is 0 Å². The SMILES string of the molecule is CC(CS(C)(=O)=O)Nc1cccnc1C(N)=S. The van der Waals surface area contributed by atoms with Crippen molar-refractivity contribution in [1.29, 1.82) is 0 Å². The van der Waals surface area contributed by atoms with Gasteiger partial charge < -0.3 is 11.1 Å². The van der Waals surface area contributed by atoms with E-state index < -0.39 is 9.84 Å². The molecule has 1 aromatic heterocycles. The van der Waals surface area contributed by atoms with E-state index in [0.717, 1.165) is 0 Å². The standard InChI is InChI=1S/C10H15N3O2S2/c1-7(6-17(2,14)15)13-8-4-3-5-12-9(8)10(11)16/h3-5,7,13H,6H2,1-2H3,(H2,11,16). The van der Waals surface area contributed by atoms with Crippen LogP contribution in [-0.2, 0) is 9.84 Å². The molecule has 94 valence electrons. The number of rotatable bonds is 5. The average Bonchev–Trinajstić information content (AvgIpc) is 2.14. The van der Waals surface area contributed by atoms with Gasteiger partial charge in [-0.25, -0.2) is 8.42 Å². The fourth-order valence-corrected chi connectivity index (χ4v) is 2.63. The molecule has 5 nitrogen and oxygen atoms in total. The van der Waals surface area contributed by atoms with Crippen molar-refractivity contribution in [2.75, 3.05) is 17.3 Å². The summed E-state index contributed by atoms with van der Waals surface area (Å²) in [6.45, 7) is 1.78. The molecule has 0 spiro atoms. The molecule has 1 heterocycles. The maximum Gasteiger partial charge on any atom is 0.149 e. The summed E-state index contributed by atoms with van der Waals surface area (Å²) < 4.78 is 22.3. The highest BCUT2D eigenvalue weighted by Gasteiger charge is 2.13. The van der Waals surface area contributed by atoms with Crippen molar-refractivity contribution >= 4 is 32.7 Å². The number of hydrogen-bond donors (Lipinski definition) is 2. The van der Waals surface area contributed by atoms with Gasteiger partial charge in [-0.2, -0.15) is 0 Å². The predicted octanol–water partition coefficient (Wildman–Crippen LogP) is 0.561. The van der Waals surface area contributed by atoms with Crippen LogP contribution in [-0.4, -0.2) is 36.4 Å². The Bertz CT molecular complexity index is 514. The van der Waals surface area contributed by atoms with E-state index >= 15 is 0 Å². The Morgan fingerprint density at radius 1 is 1.65 bits per heavy atom. The lowest BCUT2D eigenvalue weighted by Crippen LogP contribution is -2.26. The molecule has 0 amide bonds. The summed E-state index contributed by atoms with van der Waals surface area (Å²) in [6.07, 6.45) is 2.78. The molecule has 1 rings (SSSR count). The average molecular weight is 273 g/mol. The first-order valence-corrected chi connectivity index (χ1v) is 7.45. The van der Waals surface area contributed by atoms with Crippen LogP contribution in [0.3, 0.4) is 0 Å². The van der Waals surface area contributed by atoms with E-state index in [2.05, 4.69) is 10.3 Å². The van der Waals surface area contributed by atoms with Crippen LogP contribution in [0.15, 0.2) is 18.3 Å². The van der Waals surface area contributed by atoms with Crippen molar-refractivity contribution in [2.45, 2.75) is 13.0 Å². The Kier molecular flexibility index (Phi) is 4.41. The van der Waals surface area contributed by atoms with Crippen LogP contribution in [0.5, 0.6) is 0 Å². The quantitative estimate of drug-likeness (QED) is 0.763. The number of nitrogens with one attached hydrogen (secondary N) is 1. The largest absolute Gasteiger partial charge is 0.388 e. The minimum atomic E-state index is -3.02. The molecule has 0 fully saturated rings. The van der Waals surface area contributed by atoms with E-state index in [-0.39, 0.29) is 16.8 Å². The second kappa shape index (κ2) is 5.42. The smallest absolute Gasteiger partial charge is 0.149 e. The minimum Gasteiger partial charge on any atom is -0.388 e. The Morgan fingerprint density at radius 2 is 2.29 bits per heavy atom. The van der Waals surface area contributed by atoms with Crippen molar-refractivity contribution in [1.82, 2.24) is 4.98 Å². The first-order chi connectivity index (χ1) is 7.79. The van der Waals surface area contributed by atoms with Gasteiger partial charge in [-0.1, -0.05) is 12.2 Å². The summed E-state index contributed by atoms with van der Waals surface area (Å²) in [6, 6.07) is 3.26. The van der Waals surface area contributed by atoms with Crippen molar-refractivity contribution < 1.29 is 8.42 Å².